The molecular weight excluding hydrogens is 510 g/mol. The lowest BCUT2D eigenvalue weighted by molar-refractivity contribution is -0.132. The molecule has 6 nitrogen and oxygen atoms in total. The molecular formula is C35H43N3O3. The van der Waals surface area contributed by atoms with Gasteiger partial charge in [0.15, 0.2) is 0 Å². The van der Waals surface area contributed by atoms with Crippen LogP contribution < -0.4 is 4.74 Å². The smallest absolute Gasteiger partial charge is 0.254 e. The van der Waals surface area contributed by atoms with Crippen molar-refractivity contribution in [3.8, 4) is 5.75 Å². The Hall–Kier alpha value is -4.06. The number of nitrogens with one attached hydrogen (secondary N) is 1. The Morgan fingerprint density at radius 3 is 2.22 bits per heavy atom. The second-order valence-electron chi connectivity index (χ2n) is 12.2. The van der Waals surface area contributed by atoms with Crippen molar-refractivity contribution in [2.75, 3.05) is 26.7 Å². The molecule has 1 N–H and O–H groups in total. The van der Waals surface area contributed by atoms with Crippen LogP contribution in [0.3, 0.4) is 0 Å². The fourth-order valence-corrected chi connectivity index (χ4v) is 5.06. The minimum atomic E-state index is -0.117. The molecule has 0 saturated carbocycles. The maximum atomic E-state index is 13.9. The van der Waals surface area contributed by atoms with Gasteiger partial charge < -0.3 is 19.5 Å². The highest BCUT2D eigenvalue weighted by Crippen LogP contribution is 2.23. The SMILES string of the molecule is COc1ccc(CN(CCc2c[nH]c3ccccc23)C(=O)CN(CC(C)C)C(=O)c2ccc(C(C)(C)C)cc2)cc1. The summed E-state index contributed by atoms with van der Waals surface area (Å²) < 4.78 is 5.31. The van der Waals surface area contributed by atoms with Gasteiger partial charge in [-0.1, -0.05) is 77.1 Å². The first-order valence-electron chi connectivity index (χ1n) is 14.4. The number of carbonyl (C=O) groups excluding carboxylic acids is 2. The summed E-state index contributed by atoms with van der Waals surface area (Å²) in [5, 5.41) is 1.17. The Balaban J connectivity index is 1.55. The topological polar surface area (TPSA) is 65.6 Å². The summed E-state index contributed by atoms with van der Waals surface area (Å²) >= 11 is 0. The molecule has 0 unspecified atom stereocenters. The molecule has 41 heavy (non-hydrogen) atoms. The molecule has 216 valence electrons. The van der Waals surface area contributed by atoms with Crippen molar-refractivity contribution in [2.24, 2.45) is 5.92 Å². The number of methoxy groups -OCH3 is 1. The standard InChI is InChI=1S/C35H43N3O3/c1-25(2)22-38(34(40)27-13-15-29(16-14-27)35(3,4)5)24-33(39)37(23-26-11-17-30(41-6)18-12-26)20-19-28-21-36-32-10-8-7-9-31(28)32/h7-18,21,25,36H,19-20,22-24H2,1-6H3. The molecule has 0 fully saturated rings. The zero-order valence-electron chi connectivity index (χ0n) is 25.2. The zero-order valence-corrected chi connectivity index (χ0v) is 25.2. The summed E-state index contributed by atoms with van der Waals surface area (Å²) in [5.74, 6) is 0.813. The molecule has 0 radical (unpaired) electrons. The Labute approximate surface area is 244 Å². The van der Waals surface area contributed by atoms with Crippen LogP contribution in [0.25, 0.3) is 10.9 Å². The first-order valence-corrected chi connectivity index (χ1v) is 14.4. The lowest BCUT2D eigenvalue weighted by Gasteiger charge is -2.29. The van der Waals surface area contributed by atoms with E-state index in [4.69, 9.17) is 4.74 Å². The first-order chi connectivity index (χ1) is 19.5. The normalized spacial score (nSPS) is 11.6. The van der Waals surface area contributed by atoms with Crippen molar-refractivity contribution < 1.29 is 14.3 Å². The number of H-pyrrole nitrogens is 1. The van der Waals surface area contributed by atoms with Gasteiger partial charge in [0.25, 0.3) is 5.91 Å². The monoisotopic (exact) mass is 553 g/mol. The van der Waals surface area contributed by atoms with Gasteiger partial charge in [0, 0.05) is 42.3 Å². The van der Waals surface area contributed by atoms with Gasteiger partial charge in [0.05, 0.1) is 7.11 Å². The molecule has 3 aromatic carbocycles. The molecule has 0 atom stereocenters. The van der Waals surface area contributed by atoms with Crippen molar-refractivity contribution >= 4 is 22.7 Å². The average Bonchev–Trinajstić information content (AvgIpc) is 3.37. The van der Waals surface area contributed by atoms with Crippen LogP contribution in [0.15, 0.2) is 79.0 Å². The minimum Gasteiger partial charge on any atom is -0.497 e. The maximum absolute atomic E-state index is 13.9. The summed E-state index contributed by atoms with van der Waals surface area (Å²) in [6, 6.07) is 23.8. The number of fused-ring (bicyclic) bond motifs is 1. The summed E-state index contributed by atoms with van der Waals surface area (Å²) in [7, 11) is 1.64. The average molecular weight is 554 g/mol. The van der Waals surface area contributed by atoms with E-state index in [1.54, 1.807) is 12.0 Å². The van der Waals surface area contributed by atoms with Gasteiger partial charge in [-0.2, -0.15) is 0 Å². The fraction of sp³-hybridized carbons (Fsp3) is 0.371. The van der Waals surface area contributed by atoms with E-state index < -0.39 is 0 Å². The van der Waals surface area contributed by atoms with E-state index in [-0.39, 0.29) is 29.7 Å². The third-order valence-electron chi connectivity index (χ3n) is 7.41. The highest BCUT2D eigenvalue weighted by atomic mass is 16.5. The molecule has 1 aromatic heterocycles. The van der Waals surface area contributed by atoms with E-state index in [0.29, 0.717) is 31.6 Å². The number of aromatic amines is 1. The van der Waals surface area contributed by atoms with Crippen LogP contribution >= 0.6 is 0 Å². The third kappa shape index (κ3) is 7.78. The molecule has 0 aliphatic rings. The highest BCUT2D eigenvalue weighted by molar-refractivity contribution is 5.96. The zero-order chi connectivity index (χ0) is 29.6. The van der Waals surface area contributed by atoms with Crippen molar-refractivity contribution in [1.82, 2.24) is 14.8 Å². The predicted molar refractivity (Wildman–Crippen MR) is 166 cm³/mol. The number of nitrogens with zero attached hydrogens (tertiary/aromatic N) is 2. The Kier molecular flexibility index (Phi) is 9.53. The minimum absolute atomic E-state index is 0.00190. The molecule has 2 amide bonds. The molecule has 0 saturated heterocycles. The molecule has 0 aliphatic carbocycles. The van der Waals surface area contributed by atoms with Gasteiger partial charge in [0.1, 0.15) is 12.3 Å². The molecule has 4 rings (SSSR count). The number of amides is 2. The van der Waals surface area contributed by atoms with Gasteiger partial charge >= 0.3 is 0 Å². The van der Waals surface area contributed by atoms with E-state index >= 15 is 0 Å². The van der Waals surface area contributed by atoms with Crippen molar-refractivity contribution in [3.63, 3.8) is 0 Å². The van der Waals surface area contributed by atoms with E-state index in [1.165, 1.54) is 16.5 Å². The summed E-state index contributed by atoms with van der Waals surface area (Å²) in [6.07, 6.45) is 2.73. The molecule has 6 heteroatoms. The van der Waals surface area contributed by atoms with Gasteiger partial charge in [-0.3, -0.25) is 9.59 Å². The molecule has 4 aromatic rings. The van der Waals surface area contributed by atoms with E-state index in [9.17, 15) is 9.59 Å². The third-order valence-corrected chi connectivity index (χ3v) is 7.41. The van der Waals surface area contributed by atoms with Gasteiger partial charge in [0.2, 0.25) is 5.91 Å². The lowest BCUT2D eigenvalue weighted by atomic mass is 9.86. The van der Waals surface area contributed by atoms with Crippen LogP contribution in [0.5, 0.6) is 5.75 Å². The second kappa shape index (κ2) is 13.1. The van der Waals surface area contributed by atoms with Gasteiger partial charge in [-0.05, 0) is 64.8 Å². The molecule has 0 spiro atoms. The van der Waals surface area contributed by atoms with Crippen molar-refractivity contribution in [2.45, 2.75) is 53.0 Å². The van der Waals surface area contributed by atoms with E-state index in [0.717, 1.165) is 16.8 Å². The summed E-state index contributed by atoms with van der Waals surface area (Å²) in [6.45, 7) is 12.1. The number of hydrogen-bond donors (Lipinski definition) is 1. The Bertz CT molecular complexity index is 1450. The Morgan fingerprint density at radius 2 is 1.59 bits per heavy atom. The number of aromatic nitrogens is 1. The van der Waals surface area contributed by atoms with Gasteiger partial charge in [-0.15, -0.1) is 0 Å². The van der Waals surface area contributed by atoms with E-state index in [2.05, 4.69) is 51.7 Å². The molecule has 0 aliphatic heterocycles. The van der Waals surface area contributed by atoms with Crippen LogP contribution in [0, 0.1) is 5.92 Å². The summed E-state index contributed by atoms with van der Waals surface area (Å²) in [4.78, 5) is 34.5. The highest BCUT2D eigenvalue weighted by Gasteiger charge is 2.24. The first kappa shape index (κ1) is 29.9. The second-order valence-corrected chi connectivity index (χ2v) is 12.2. The number of benzene rings is 3. The van der Waals surface area contributed by atoms with Crippen LogP contribution in [-0.4, -0.2) is 53.3 Å². The Morgan fingerprint density at radius 1 is 0.902 bits per heavy atom. The van der Waals surface area contributed by atoms with Crippen LogP contribution in [0.4, 0.5) is 0 Å². The maximum Gasteiger partial charge on any atom is 0.254 e. The van der Waals surface area contributed by atoms with Crippen molar-refractivity contribution in [3.05, 3.63) is 101 Å². The number of rotatable bonds is 11. The lowest BCUT2D eigenvalue weighted by Crippen LogP contribution is -2.44. The van der Waals surface area contributed by atoms with Crippen LogP contribution in [0.1, 0.15) is 61.7 Å². The fourth-order valence-electron chi connectivity index (χ4n) is 5.06. The van der Waals surface area contributed by atoms with Crippen molar-refractivity contribution in [1.29, 1.82) is 0 Å². The largest absolute Gasteiger partial charge is 0.497 e. The number of carbonyl (C=O) groups is 2. The summed E-state index contributed by atoms with van der Waals surface area (Å²) in [5.41, 5.74) is 5.04. The van der Waals surface area contributed by atoms with Gasteiger partial charge in [-0.25, -0.2) is 0 Å². The predicted octanol–water partition coefficient (Wildman–Crippen LogP) is 6.84. The quantitative estimate of drug-likeness (QED) is 0.221. The van der Waals surface area contributed by atoms with E-state index in [1.807, 2.05) is 71.8 Å². The van der Waals surface area contributed by atoms with Crippen LogP contribution in [-0.2, 0) is 23.2 Å². The molecule has 1 heterocycles. The number of hydrogen-bond acceptors (Lipinski definition) is 3. The van der Waals surface area contributed by atoms with Crippen LogP contribution in [0.2, 0.25) is 0 Å². The molecule has 0 bridgehead atoms. The number of ether oxygens (including phenoxy) is 1. The number of para-hydroxylation sites is 1.